The third kappa shape index (κ3) is 3.90. The van der Waals surface area contributed by atoms with Crippen molar-refractivity contribution in [2.45, 2.75) is 25.9 Å². The van der Waals surface area contributed by atoms with E-state index in [4.69, 9.17) is 16.3 Å². The first-order valence-corrected chi connectivity index (χ1v) is 7.37. The van der Waals surface area contributed by atoms with E-state index in [9.17, 15) is 5.11 Å². The summed E-state index contributed by atoms with van der Waals surface area (Å²) < 4.78 is 5.17. The Morgan fingerprint density at radius 2 is 1.90 bits per heavy atom. The molecule has 0 saturated carbocycles. The lowest BCUT2D eigenvalue weighted by Crippen LogP contribution is -2.20. The molecule has 0 aromatic heterocycles. The molecule has 0 amide bonds. The molecular weight excluding hydrogens is 286 g/mol. The summed E-state index contributed by atoms with van der Waals surface area (Å²) in [5.74, 6) is 0.998. The summed E-state index contributed by atoms with van der Waals surface area (Å²) >= 11 is 5.92. The molecule has 0 heterocycles. The van der Waals surface area contributed by atoms with Crippen LogP contribution < -0.4 is 10.1 Å². The average Bonchev–Trinajstić information content (AvgIpc) is 2.52. The Hall–Kier alpha value is -1.71. The largest absolute Gasteiger partial charge is 0.506 e. The van der Waals surface area contributed by atoms with Gasteiger partial charge in [0.1, 0.15) is 11.5 Å². The molecule has 0 saturated heterocycles. The number of benzene rings is 2. The molecule has 2 N–H and O–H groups in total. The van der Waals surface area contributed by atoms with E-state index in [0.717, 1.165) is 17.7 Å². The summed E-state index contributed by atoms with van der Waals surface area (Å²) in [6.07, 6.45) is 0.952. The van der Waals surface area contributed by atoms with E-state index in [0.29, 0.717) is 11.6 Å². The van der Waals surface area contributed by atoms with Crippen LogP contribution in [0.3, 0.4) is 0 Å². The molecule has 0 aliphatic rings. The second-order valence-electron chi connectivity index (χ2n) is 4.86. The normalized spacial score (nSPS) is 12.1. The van der Waals surface area contributed by atoms with Gasteiger partial charge >= 0.3 is 0 Å². The molecule has 21 heavy (non-hydrogen) atoms. The molecule has 4 heteroatoms. The Kier molecular flexibility index (Phi) is 5.48. The number of phenolic OH excluding ortho intramolecular Hbond substituents is 1. The number of methoxy groups -OCH3 is 1. The van der Waals surface area contributed by atoms with Gasteiger partial charge in [0.05, 0.1) is 12.1 Å². The number of phenols is 1. The monoisotopic (exact) mass is 305 g/mol. The number of aromatic hydroxyl groups is 1. The molecule has 0 aliphatic carbocycles. The minimum atomic E-state index is 0.149. The van der Waals surface area contributed by atoms with Crippen LogP contribution in [0.1, 0.15) is 30.5 Å². The number of para-hydroxylation sites is 1. The van der Waals surface area contributed by atoms with Crippen molar-refractivity contribution in [3.05, 3.63) is 58.6 Å². The van der Waals surface area contributed by atoms with Gasteiger partial charge < -0.3 is 15.2 Å². The SMILES string of the molecule is CCC(NCc1cccc(Cl)c1O)c1ccc(OC)cc1. The first kappa shape index (κ1) is 15.7. The molecule has 1 atom stereocenters. The van der Waals surface area contributed by atoms with E-state index >= 15 is 0 Å². The number of rotatable bonds is 6. The number of hydrogen-bond donors (Lipinski definition) is 2. The van der Waals surface area contributed by atoms with Crippen LogP contribution in [0.4, 0.5) is 0 Å². The van der Waals surface area contributed by atoms with Gasteiger partial charge in [0.15, 0.2) is 0 Å². The minimum Gasteiger partial charge on any atom is -0.506 e. The molecule has 2 rings (SSSR count). The van der Waals surface area contributed by atoms with Crippen LogP contribution in [0, 0.1) is 0 Å². The van der Waals surface area contributed by atoms with Crippen LogP contribution in [-0.4, -0.2) is 12.2 Å². The molecule has 1 unspecified atom stereocenters. The maximum absolute atomic E-state index is 9.93. The van der Waals surface area contributed by atoms with E-state index < -0.39 is 0 Å². The molecule has 0 spiro atoms. The van der Waals surface area contributed by atoms with Crippen molar-refractivity contribution < 1.29 is 9.84 Å². The van der Waals surface area contributed by atoms with Crippen molar-refractivity contribution in [2.75, 3.05) is 7.11 Å². The Bertz CT molecular complexity index is 584. The first-order chi connectivity index (χ1) is 10.2. The lowest BCUT2D eigenvalue weighted by atomic mass is 10.0. The van der Waals surface area contributed by atoms with Crippen LogP contribution in [0.5, 0.6) is 11.5 Å². The van der Waals surface area contributed by atoms with Gasteiger partial charge in [0, 0.05) is 18.2 Å². The second kappa shape index (κ2) is 7.34. The van der Waals surface area contributed by atoms with Gasteiger partial charge in [0.25, 0.3) is 0 Å². The smallest absolute Gasteiger partial charge is 0.138 e. The summed E-state index contributed by atoms with van der Waals surface area (Å²) in [4.78, 5) is 0. The summed E-state index contributed by atoms with van der Waals surface area (Å²) in [5, 5.41) is 13.8. The number of nitrogens with one attached hydrogen (secondary N) is 1. The van der Waals surface area contributed by atoms with Crippen molar-refractivity contribution in [1.82, 2.24) is 5.32 Å². The van der Waals surface area contributed by atoms with Crippen molar-refractivity contribution in [3.63, 3.8) is 0 Å². The molecule has 112 valence electrons. The van der Waals surface area contributed by atoms with Crippen LogP contribution in [0.25, 0.3) is 0 Å². The van der Waals surface area contributed by atoms with Crippen LogP contribution in [-0.2, 0) is 6.54 Å². The third-order valence-corrected chi connectivity index (χ3v) is 3.84. The van der Waals surface area contributed by atoms with E-state index in [1.165, 1.54) is 5.56 Å². The van der Waals surface area contributed by atoms with Gasteiger partial charge in [-0.1, -0.05) is 42.8 Å². The minimum absolute atomic E-state index is 0.149. The standard InChI is InChI=1S/C17H20ClNO2/c1-3-16(12-7-9-14(21-2)10-8-12)19-11-13-5-4-6-15(18)17(13)20/h4-10,16,19-20H,3,11H2,1-2H3. The van der Waals surface area contributed by atoms with E-state index in [1.807, 2.05) is 24.3 Å². The van der Waals surface area contributed by atoms with Gasteiger partial charge in [-0.3, -0.25) is 0 Å². The zero-order valence-corrected chi connectivity index (χ0v) is 13.0. The molecule has 3 nitrogen and oxygen atoms in total. The van der Waals surface area contributed by atoms with E-state index in [2.05, 4.69) is 24.4 Å². The number of halogens is 1. The maximum atomic E-state index is 9.93. The Labute approximate surface area is 130 Å². The zero-order valence-electron chi connectivity index (χ0n) is 12.3. The predicted octanol–water partition coefficient (Wildman–Crippen LogP) is 4.30. The summed E-state index contributed by atoms with van der Waals surface area (Å²) in [7, 11) is 1.66. The Balaban J connectivity index is 2.06. The van der Waals surface area contributed by atoms with Gasteiger partial charge in [0.2, 0.25) is 0 Å². The van der Waals surface area contributed by atoms with Crippen LogP contribution in [0.15, 0.2) is 42.5 Å². The highest BCUT2D eigenvalue weighted by molar-refractivity contribution is 6.32. The number of hydrogen-bond acceptors (Lipinski definition) is 3. The first-order valence-electron chi connectivity index (χ1n) is 6.99. The van der Waals surface area contributed by atoms with Gasteiger partial charge in [-0.2, -0.15) is 0 Å². The summed E-state index contributed by atoms with van der Waals surface area (Å²) in [5.41, 5.74) is 1.99. The second-order valence-corrected chi connectivity index (χ2v) is 5.27. The fourth-order valence-corrected chi connectivity index (χ4v) is 2.46. The van der Waals surface area contributed by atoms with Gasteiger partial charge in [-0.25, -0.2) is 0 Å². The molecule has 0 aliphatic heterocycles. The van der Waals surface area contributed by atoms with Crippen molar-refractivity contribution in [3.8, 4) is 11.5 Å². The van der Waals surface area contributed by atoms with Gasteiger partial charge in [-0.05, 0) is 30.2 Å². The Morgan fingerprint density at radius 3 is 2.52 bits per heavy atom. The number of ether oxygens (including phenoxy) is 1. The van der Waals surface area contributed by atoms with Crippen molar-refractivity contribution in [1.29, 1.82) is 0 Å². The highest BCUT2D eigenvalue weighted by Crippen LogP contribution is 2.28. The average molecular weight is 306 g/mol. The molecule has 0 bridgehead atoms. The summed E-state index contributed by atoms with van der Waals surface area (Å²) in [6.45, 7) is 2.69. The zero-order chi connectivity index (χ0) is 15.2. The molecule has 0 radical (unpaired) electrons. The molecule has 2 aromatic carbocycles. The lowest BCUT2D eigenvalue weighted by molar-refractivity contribution is 0.414. The fourth-order valence-electron chi connectivity index (χ4n) is 2.27. The topological polar surface area (TPSA) is 41.5 Å². The van der Waals surface area contributed by atoms with Crippen LogP contribution in [0.2, 0.25) is 5.02 Å². The highest BCUT2D eigenvalue weighted by Gasteiger charge is 2.11. The molecule has 0 fully saturated rings. The highest BCUT2D eigenvalue weighted by atomic mass is 35.5. The quantitative estimate of drug-likeness (QED) is 0.836. The van der Waals surface area contributed by atoms with E-state index in [1.54, 1.807) is 13.2 Å². The van der Waals surface area contributed by atoms with Gasteiger partial charge in [-0.15, -0.1) is 0 Å². The van der Waals surface area contributed by atoms with Crippen molar-refractivity contribution >= 4 is 11.6 Å². The molecular formula is C17H20ClNO2. The van der Waals surface area contributed by atoms with E-state index in [-0.39, 0.29) is 11.8 Å². The Morgan fingerprint density at radius 1 is 1.19 bits per heavy atom. The predicted molar refractivity (Wildman–Crippen MR) is 86.0 cm³/mol. The fraction of sp³-hybridized carbons (Fsp3) is 0.294. The maximum Gasteiger partial charge on any atom is 0.138 e. The molecule has 2 aromatic rings. The summed E-state index contributed by atoms with van der Waals surface area (Å²) in [6, 6.07) is 13.6. The van der Waals surface area contributed by atoms with Crippen LogP contribution >= 0.6 is 11.6 Å². The van der Waals surface area contributed by atoms with Crippen molar-refractivity contribution in [2.24, 2.45) is 0 Å². The third-order valence-electron chi connectivity index (χ3n) is 3.54. The lowest BCUT2D eigenvalue weighted by Gasteiger charge is -2.18.